The average molecular weight is 495 g/mol. The van der Waals surface area contributed by atoms with Crippen LogP contribution < -0.4 is 10.2 Å². The van der Waals surface area contributed by atoms with E-state index in [1.54, 1.807) is 19.2 Å². The van der Waals surface area contributed by atoms with Crippen molar-refractivity contribution in [3.8, 4) is 17.2 Å². The molecule has 1 aliphatic heterocycles. The number of amides is 1. The molecule has 7 heteroatoms. The molecule has 0 saturated heterocycles. The number of nitrogens with zero attached hydrogens (tertiary/aromatic N) is 1. The molecule has 2 aromatic carbocycles. The number of ether oxygens (including phenoxy) is 1. The van der Waals surface area contributed by atoms with Crippen molar-refractivity contribution < 1.29 is 24.9 Å². The molecule has 0 atom stereocenters. The van der Waals surface area contributed by atoms with E-state index >= 15 is 0 Å². The number of aromatic hydroxyl groups is 3. The van der Waals surface area contributed by atoms with E-state index in [2.05, 4.69) is 32.2 Å². The van der Waals surface area contributed by atoms with E-state index in [-0.39, 0.29) is 52.2 Å². The highest BCUT2D eigenvalue weighted by molar-refractivity contribution is 6.15. The van der Waals surface area contributed by atoms with Gasteiger partial charge in [0, 0.05) is 25.8 Å². The van der Waals surface area contributed by atoms with E-state index in [1.807, 2.05) is 13.0 Å². The monoisotopic (exact) mass is 494 g/mol. The van der Waals surface area contributed by atoms with E-state index in [0.717, 1.165) is 37.7 Å². The van der Waals surface area contributed by atoms with Gasteiger partial charge in [-0.05, 0) is 71.9 Å². The summed E-state index contributed by atoms with van der Waals surface area (Å²) in [6.45, 7) is 8.66. The van der Waals surface area contributed by atoms with Crippen LogP contribution in [0.4, 0.5) is 17.1 Å². The number of phenolic OH excluding ortho intramolecular Hbond substituents is 3. The molecule has 0 radical (unpaired) electrons. The number of rotatable bonds is 10. The molecule has 194 valence electrons. The van der Waals surface area contributed by atoms with Crippen LogP contribution in [-0.2, 0) is 4.74 Å². The fourth-order valence-corrected chi connectivity index (χ4v) is 4.24. The first-order valence-corrected chi connectivity index (χ1v) is 12.4. The maximum Gasteiger partial charge on any atom is 0.260 e. The second-order valence-electron chi connectivity index (χ2n) is 10.1. The van der Waals surface area contributed by atoms with E-state index in [4.69, 9.17) is 4.74 Å². The van der Waals surface area contributed by atoms with Crippen LogP contribution in [0, 0.1) is 0 Å². The van der Waals surface area contributed by atoms with Crippen LogP contribution in [0.25, 0.3) is 0 Å². The molecule has 0 fully saturated rings. The molecule has 0 saturated carbocycles. The van der Waals surface area contributed by atoms with Crippen molar-refractivity contribution in [3.63, 3.8) is 0 Å². The van der Waals surface area contributed by atoms with Gasteiger partial charge in [0.25, 0.3) is 5.91 Å². The molecule has 1 aliphatic rings. The number of nitrogens with one attached hydrogen (secondary N) is 1. The normalized spacial score (nSPS) is 14.2. The summed E-state index contributed by atoms with van der Waals surface area (Å²) < 4.78 is 5.49. The zero-order valence-electron chi connectivity index (χ0n) is 21.9. The molecule has 0 bridgehead atoms. The molecule has 0 spiro atoms. The number of carbonyl (C=O) groups is 1. The first-order valence-electron chi connectivity index (χ1n) is 12.4. The molecule has 0 unspecified atom stereocenters. The molecule has 0 aromatic heterocycles. The summed E-state index contributed by atoms with van der Waals surface area (Å²) in [5.41, 5.74) is 3.50. The minimum Gasteiger partial charge on any atom is -0.508 e. The maximum atomic E-state index is 13.4. The van der Waals surface area contributed by atoms with Crippen molar-refractivity contribution in [1.29, 1.82) is 0 Å². The Balaban J connectivity index is 1.72. The molecular formula is C29H38N2O5. The van der Waals surface area contributed by atoms with Crippen molar-refractivity contribution in [2.75, 3.05) is 23.9 Å². The molecule has 1 amide bonds. The fraction of sp³-hybridized carbons (Fsp3) is 0.414. The van der Waals surface area contributed by atoms with E-state index in [1.165, 1.54) is 28.7 Å². The molecule has 36 heavy (non-hydrogen) atoms. The van der Waals surface area contributed by atoms with Gasteiger partial charge in [0.2, 0.25) is 0 Å². The Kier molecular flexibility index (Phi) is 8.69. The highest BCUT2D eigenvalue weighted by Gasteiger charge is 2.30. The third kappa shape index (κ3) is 6.61. The van der Waals surface area contributed by atoms with Gasteiger partial charge in [-0.2, -0.15) is 0 Å². The van der Waals surface area contributed by atoms with Crippen molar-refractivity contribution in [2.45, 2.75) is 65.4 Å². The van der Waals surface area contributed by atoms with Crippen LogP contribution in [-0.4, -0.2) is 40.5 Å². The van der Waals surface area contributed by atoms with Gasteiger partial charge in [0.15, 0.2) is 0 Å². The van der Waals surface area contributed by atoms with E-state index < -0.39 is 0 Å². The first-order chi connectivity index (χ1) is 17.0. The quantitative estimate of drug-likeness (QED) is 0.165. The summed E-state index contributed by atoms with van der Waals surface area (Å²) in [7, 11) is 1.75. The van der Waals surface area contributed by atoms with Gasteiger partial charge in [-0.25, -0.2) is 0 Å². The Morgan fingerprint density at radius 2 is 1.75 bits per heavy atom. The Bertz CT molecular complexity index is 1170. The van der Waals surface area contributed by atoms with Crippen molar-refractivity contribution in [2.24, 2.45) is 0 Å². The maximum absolute atomic E-state index is 13.4. The molecule has 3 rings (SSSR count). The Hall–Kier alpha value is -3.45. The van der Waals surface area contributed by atoms with E-state index in [0.29, 0.717) is 5.69 Å². The Labute approximate surface area is 213 Å². The van der Waals surface area contributed by atoms with Gasteiger partial charge in [0.05, 0.1) is 22.5 Å². The van der Waals surface area contributed by atoms with Gasteiger partial charge >= 0.3 is 0 Å². The molecule has 2 aromatic rings. The standard InChI is InChI=1S/C29H38N2O5/c1-19(11-8-15-29(3,4)36-5)9-6-10-20(2)14-16-31-23-17-21(32)18-25(34)27(23)30-26-22(28(31)35)12-7-13-24(26)33/h7,9,12-14,17-18,30,32-34H,6,8,10-11,15-16H2,1-5H3. The zero-order chi connectivity index (χ0) is 26.5. The predicted octanol–water partition coefficient (Wildman–Crippen LogP) is 6.78. The SMILES string of the molecule is COC(C)(C)CCCC(C)=CCCC(C)=CCN1C(=O)c2cccc(O)c2Nc2c(O)cc(O)cc21. The second-order valence-corrected chi connectivity index (χ2v) is 10.1. The van der Waals surface area contributed by atoms with Crippen LogP contribution in [0.15, 0.2) is 53.6 Å². The average Bonchev–Trinajstić information content (AvgIpc) is 2.93. The molecule has 1 heterocycles. The highest BCUT2D eigenvalue weighted by Crippen LogP contribution is 2.45. The number of hydrogen-bond donors (Lipinski definition) is 4. The number of carbonyl (C=O) groups excluding carboxylic acids is 1. The number of fused-ring (bicyclic) bond motifs is 2. The van der Waals surface area contributed by atoms with Crippen LogP contribution in [0.1, 0.15) is 70.2 Å². The number of hydrogen-bond acceptors (Lipinski definition) is 6. The number of methoxy groups -OCH3 is 1. The lowest BCUT2D eigenvalue weighted by Gasteiger charge is -2.22. The lowest BCUT2D eigenvalue weighted by molar-refractivity contribution is 0.0140. The predicted molar refractivity (Wildman–Crippen MR) is 145 cm³/mol. The van der Waals surface area contributed by atoms with Gasteiger partial charge in [-0.15, -0.1) is 0 Å². The second kappa shape index (κ2) is 11.5. The molecule has 7 nitrogen and oxygen atoms in total. The van der Waals surface area contributed by atoms with Gasteiger partial charge in [-0.3, -0.25) is 4.79 Å². The van der Waals surface area contributed by atoms with Crippen LogP contribution in [0.2, 0.25) is 0 Å². The Morgan fingerprint density at radius 3 is 2.47 bits per heavy atom. The zero-order valence-corrected chi connectivity index (χ0v) is 21.9. The Morgan fingerprint density at radius 1 is 1.03 bits per heavy atom. The minimum absolute atomic E-state index is 0.0919. The molecular weight excluding hydrogens is 456 g/mol. The van der Waals surface area contributed by atoms with Crippen LogP contribution in [0.3, 0.4) is 0 Å². The summed E-state index contributed by atoms with van der Waals surface area (Å²) in [5, 5.41) is 33.9. The van der Waals surface area contributed by atoms with Gasteiger partial charge < -0.3 is 30.3 Å². The molecule has 4 N–H and O–H groups in total. The third-order valence-electron chi connectivity index (χ3n) is 6.70. The number of allylic oxidation sites excluding steroid dienone is 3. The van der Waals surface area contributed by atoms with Crippen molar-refractivity contribution in [3.05, 3.63) is 59.2 Å². The summed E-state index contributed by atoms with van der Waals surface area (Å²) in [4.78, 5) is 14.9. The summed E-state index contributed by atoms with van der Waals surface area (Å²) in [5.74, 6) is -0.804. The lowest BCUT2D eigenvalue weighted by Crippen LogP contribution is -2.30. The van der Waals surface area contributed by atoms with Crippen molar-refractivity contribution >= 4 is 23.0 Å². The van der Waals surface area contributed by atoms with Crippen LogP contribution >= 0.6 is 0 Å². The smallest absolute Gasteiger partial charge is 0.260 e. The van der Waals surface area contributed by atoms with Crippen molar-refractivity contribution in [1.82, 2.24) is 0 Å². The van der Waals surface area contributed by atoms with Gasteiger partial charge in [0.1, 0.15) is 22.9 Å². The number of phenols is 3. The topological polar surface area (TPSA) is 102 Å². The lowest BCUT2D eigenvalue weighted by atomic mass is 9.98. The number of anilines is 3. The van der Waals surface area contributed by atoms with Gasteiger partial charge in [-0.1, -0.05) is 29.4 Å². The highest BCUT2D eigenvalue weighted by atomic mass is 16.5. The largest absolute Gasteiger partial charge is 0.508 e. The number of benzene rings is 2. The first kappa shape index (κ1) is 27.1. The van der Waals surface area contributed by atoms with E-state index in [9.17, 15) is 20.1 Å². The fourth-order valence-electron chi connectivity index (χ4n) is 4.24. The summed E-state index contributed by atoms with van der Waals surface area (Å²) in [6.07, 6.45) is 9.16. The minimum atomic E-state index is -0.337. The third-order valence-corrected chi connectivity index (χ3v) is 6.70. The number of para-hydroxylation sites is 1. The summed E-state index contributed by atoms with van der Waals surface area (Å²) in [6, 6.07) is 7.34. The molecule has 0 aliphatic carbocycles. The summed E-state index contributed by atoms with van der Waals surface area (Å²) >= 11 is 0. The van der Waals surface area contributed by atoms with Crippen LogP contribution in [0.5, 0.6) is 17.2 Å².